The lowest BCUT2D eigenvalue weighted by molar-refractivity contribution is -0.142. The lowest BCUT2D eigenvalue weighted by atomic mass is 9.94. The summed E-state index contributed by atoms with van der Waals surface area (Å²) < 4.78 is 13.9. The number of carboxylic acid groups (broad SMARTS) is 1. The molecule has 0 aromatic heterocycles. The fourth-order valence-corrected chi connectivity index (χ4v) is 4.14. The molecule has 1 heterocycles. The van der Waals surface area contributed by atoms with Crippen LogP contribution < -0.4 is 0 Å². The van der Waals surface area contributed by atoms with Crippen LogP contribution in [-0.2, 0) is 4.79 Å². The number of rotatable bonds is 2. The van der Waals surface area contributed by atoms with Gasteiger partial charge in [-0.15, -0.1) is 0 Å². The second-order valence-corrected chi connectivity index (χ2v) is 6.67. The Bertz CT molecular complexity index is 586. The van der Waals surface area contributed by atoms with Crippen LogP contribution in [0.15, 0.2) is 22.7 Å². The third kappa shape index (κ3) is 2.57. The predicted octanol–water partition coefficient (Wildman–Crippen LogP) is 2.91. The first-order chi connectivity index (χ1) is 9.97. The molecule has 3 unspecified atom stereocenters. The molecule has 1 saturated heterocycles. The number of halogens is 2. The minimum Gasteiger partial charge on any atom is -0.480 e. The highest BCUT2D eigenvalue weighted by molar-refractivity contribution is 9.10. The van der Waals surface area contributed by atoms with Gasteiger partial charge in [-0.05, 0) is 42.9 Å². The number of carbonyl (C=O) groups is 2. The van der Waals surface area contributed by atoms with E-state index in [-0.39, 0.29) is 17.4 Å². The second-order valence-electron chi connectivity index (χ2n) is 5.75. The molecule has 1 aliphatic carbocycles. The number of hydrogen-bond donors (Lipinski definition) is 1. The van der Waals surface area contributed by atoms with Crippen molar-refractivity contribution in [2.24, 2.45) is 11.8 Å². The van der Waals surface area contributed by atoms with Crippen molar-refractivity contribution in [2.45, 2.75) is 25.3 Å². The molecular formula is C15H15BrFNO3. The Labute approximate surface area is 130 Å². The van der Waals surface area contributed by atoms with Gasteiger partial charge in [0.2, 0.25) is 0 Å². The van der Waals surface area contributed by atoms with Crippen molar-refractivity contribution in [1.29, 1.82) is 0 Å². The molecule has 1 aromatic carbocycles. The number of carbonyl (C=O) groups excluding carboxylic acids is 1. The van der Waals surface area contributed by atoms with Crippen LogP contribution in [0.4, 0.5) is 4.39 Å². The van der Waals surface area contributed by atoms with E-state index < -0.39 is 23.7 Å². The minimum absolute atomic E-state index is 0.0310. The molecule has 21 heavy (non-hydrogen) atoms. The molecule has 1 aromatic rings. The Morgan fingerprint density at radius 1 is 1.29 bits per heavy atom. The van der Waals surface area contributed by atoms with E-state index in [2.05, 4.69) is 15.9 Å². The van der Waals surface area contributed by atoms with Gasteiger partial charge in [0.05, 0.1) is 0 Å². The molecule has 2 fully saturated rings. The van der Waals surface area contributed by atoms with Gasteiger partial charge in [0.25, 0.3) is 5.91 Å². The Kier molecular flexibility index (Phi) is 3.73. The van der Waals surface area contributed by atoms with E-state index in [0.717, 1.165) is 25.3 Å². The van der Waals surface area contributed by atoms with Gasteiger partial charge in [-0.2, -0.15) is 0 Å². The molecule has 1 aliphatic heterocycles. The predicted molar refractivity (Wildman–Crippen MR) is 77.4 cm³/mol. The first-order valence-electron chi connectivity index (χ1n) is 6.97. The van der Waals surface area contributed by atoms with Gasteiger partial charge in [0.1, 0.15) is 11.9 Å². The number of hydrogen-bond acceptors (Lipinski definition) is 2. The van der Waals surface area contributed by atoms with Crippen molar-refractivity contribution in [3.8, 4) is 0 Å². The number of amides is 1. The summed E-state index contributed by atoms with van der Waals surface area (Å²) in [4.78, 5) is 25.5. The normalized spacial score (nSPS) is 27.7. The molecule has 1 N–H and O–H groups in total. The molecule has 1 saturated carbocycles. The highest BCUT2D eigenvalue weighted by atomic mass is 79.9. The summed E-state index contributed by atoms with van der Waals surface area (Å²) in [6.45, 7) is 0.453. The molecule has 112 valence electrons. The summed E-state index contributed by atoms with van der Waals surface area (Å²) in [5, 5.41) is 9.46. The van der Waals surface area contributed by atoms with Gasteiger partial charge in [0, 0.05) is 16.6 Å². The molecule has 1 amide bonds. The molecule has 3 atom stereocenters. The lowest BCUT2D eigenvalue weighted by Gasteiger charge is -2.24. The van der Waals surface area contributed by atoms with Crippen LogP contribution in [0.2, 0.25) is 0 Å². The maximum atomic E-state index is 13.4. The number of nitrogens with zero attached hydrogens (tertiary/aromatic N) is 1. The number of aliphatic carboxylic acids is 1. The Morgan fingerprint density at radius 2 is 2.05 bits per heavy atom. The van der Waals surface area contributed by atoms with E-state index in [1.165, 1.54) is 17.0 Å². The van der Waals surface area contributed by atoms with Gasteiger partial charge in [0.15, 0.2) is 0 Å². The Balaban J connectivity index is 1.91. The standard InChI is InChI=1S/C15H15BrFNO3/c16-10-4-9(5-11(17)6-10)14(19)18-7-8-2-1-3-12(8)13(18)15(20)21/h4-6,8,12-13H,1-3,7H2,(H,20,21). The van der Waals surface area contributed by atoms with Crippen LogP contribution in [0.25, 0.3) is 0 Å². The summed E-state index contributed by atoms with van der Waals surface area (Å²) in [6, 6.07) is 3.16. The van der Waals surface area contributed by atoms with Crippen molar-refractivity contribution < 1.29 is 19.1 Å². The average molecular weight is 356 g/mol. The van der Waals surface area contributed by atoms with E-state index in [1.807, 2.05) is 0 Å². The van der Waals surface area contributed by atoms with E-state index in [9.17, 15) is 19.1 Å². The van der Waals surface area contributed by atoms with Crippen molar-refractivity contribution in [3.63, 3.8) is 0 Å². The molecule has 0 spiro atoms. The third-order valence-electron chi connectivity index (χ3n) is 4.51. The monoisotopic (exact) mass is 355 g/mol. The molecule has 4 nitrogen and oxygen atoms in total. The zero-order valence-corrected chi connectivity index (χ0v) is 12.8. The molecule has 2 aliphatic rings. The second kappa shape index (κ2) is 5.40. The number of carboxylic acids is 1. The molecular weight excluding hydrogens is 341 g/mol. The quantitative estimate of drug-likeness (QED) is 0.887. The van der Waals surface area contributed by atoms with Gasteiger partial charge >= 0.3 is 5.97 Å². The van der Waals surface area contributed by atoms with Crippen LogP contribution in [-0.4, -0.2) is 34.5 Å². The number of benzene rings is 1. The fraction of sp³-hybridized carbons (Fsp3) is 0.467. The smallest absolute Gasteiger partial charge is 0.326 e. The lowest BCUT2D eigenvalue weighted by Crippen LogP contribution is -2.43. The van der Waals surface area contributed by atoms with E-state index in [0.29, 0.717) is 11.0 Å². The van der Waals surface area contributed by atoms with Crippen molar-refractivity contribution in [2.75, 3.05) is 6.54 Å². The van der Waals surface area contributed by atoms with Gasteiger partial charge in [-0.3, -0.25) is 4.79 Å². The van der Waals surface area contributed by atoms with Gasteiger partial charge in [-0.1, -0.05) is 22.4 Å². The van der Waals surface area contributed by atoms with Crippen LogP contribution in [0.3, 0.4) is 0 Å². The molecule has 3 rings (SSSR count). The van der Waals surface area contributed by atoms with Crippen molar-refractivity contribution in [1.82, 2.24) is 4.90 Å². The topological polar surface area (TPSA) is 57.6 Å². The summed E-state index contributed by atoms with van der Waals surface area (Å²) in [6.07, 6.45) is 2.83. The van der Waals surface area contributed by atoms with Crippen LogP contribution in [0.1, 0.15) is 29.6 Å². The summed E-state index contributed by atoms with van der Waals surface area (Å²) in [7, 11) is 0. The van der Waals surface area contributed by atoms with Crippen molar-refractivity contribution >= 4 is 27.8 Å². The number of fused-ring (bicyclic) bond motifs is 1. The largest absolute Gasteiger partial charge is 0.480 e. The summed E-state index contributed by atoms with van der Waals surface area (Å²) >= 11 is 3.16. The van der Waals surface area contributed by atoms with Crippen LogP contribution in [0, 0.1) is 17.7 Å². The van der Waals surface area contributed by atoms with E-state index in [4.69, 9.17) is 0 Å². The van der Waals surface area contributed by atoms with Crippen LogP contribution in [0.5, 0.6) is 0 Å². The molecule has 0 bridgehead atoms. The number of likely N-dealkylation sites (tertiary alicyclic amines) is 1. The highest BCUT2D eigenvalue weighted by Crippen LogP contribution is 2.42. The molecule has 0 radical (unpaired) electrons. The zero-order valence-electron chi connectivity index (χ0n) is 11.3. The maximum Gasteiger partial charge on any atom is 0.326 e. The van der Waals surface area contributed by atoms with E-state index in [1.54, 1.807) is 0 Å². The van der Waals surface area contributed by atoms with Crippen LogP contribution >= 0.6 is 15.9 Å². The van der Waals surface area contributed by atoms with Crippen molar-refractivity contribution in [3.05, 3.63) is 34.1 Å². The molecule has 6 heteroatoms. The summed E-state index contributed by atoms with van der Waals surface area (Å²) in [5.74, 6) is -1.60. The van der Waals surface area contributed by atoms with Gasteiger partial charge in [-0.25, -0.2) is 9.18 Å². The third-order valence-corrected chi connectivity index (χ3v) is 4.97. The SMILES string of the molecule is O=C(O)C1C2CCCC2CN1C(=O)c1cc(F)cc(Br)c1. The average Bonchev–Trinajstić information content (AvgIpc) is 2.95. The maximum absolute atomic E-state index is 13.4. The van der Waals surface area contributed by atoms with Gasteiger partial charge < -0.3 is 10.0 Å². The minimum atomic E-state index is -0.965. The first kappa shape index (κ1) is 14.5. The Morgan fingerprint density at radius 3 is 2.71 bits per heavy atom. The first-order valence-corrected chi connectivity index (χ1v) is 7.76. The zero-order chi connectivity index (χ0) is 15.1. The highest BCUT2D eigenvalue weighted by Gasteiger charge is 2.49. The Hall–Kier alpha value is -1.43. The fourth-order valence-electron chi connectivity index (χ4n) is 3.67. The van der Waals surface area contributed by atoms with E-state index >= 15 is 0 Å². The summed E-state index contributed by atoms with van der Waals surface area (Å²) in [5.41, 5.74) is 0.188.